The van der Waals surface area contributed by atoms with Crippen LogP contribution >= 0.6 is 11.6 Å². The van der Waals surface area contributed by atoms with Gasteiger partial charge in [0, 0.05) is 24.5 Å². The summed E-state index contributed by atoms with van der Waals surface area (Å²) in [5, 5.41) is 3.66. The molecule has 0 spiro atoms. The fourth-order valence-electron chi connectivity index (χ4n) is 4.83. The molecule has 0 unspecified atom stereocenters. The normalized spacial score (nSPS) is 11.1. The second kappa shape index (κ2) is 14.0. The Hall–Kier alpha value is -3.31. The number of imidazole rings is 1. The molecule has 1 N–H and O–H groups in total. The van der Waals surface area contributed by atoms with E-state index >= 15 is 0 Å². The van der Waals surface area contributed by atoms with Gasteiger partial charge in [-0.25, -0.2) is 4.98 Å². The molecular weight excluding hydrogens is 494 g/mol. The highest BCUT2D eigenvalue weighted by Gasteiger charge is 2.11. The summed E-state index contributed by atoms with van der Waals surface area (Å²) in [5.41, 5.74) is 5.50. The Labute approximate surface area is 231 Å². The zero-order chi connectivity index (χ0) is 26.7. The lowest BCUT2D eigenvalue weighted by molar-refractivity contribution is -0.120. The average Bonchev–Trinajstić information content (AvgIpc) is 3.26. The molecule has 0 bridgehead atoms. The number of aryl methyl sites for hydroxylation is 4. The van der Waals surface area contributed by atoms with Crippen LogP contribution in [-0.2, 0) is 24.2 Å². The van der Waals surface area contributed by atoms with Gasteiger partial charge in [-0.15, -0.1) is 0 Å². The summed E-state index contributed by atoms with van der Waals surface area (Å²) in [6.07, 6.45) is 6.31. The van der Waals surface area contributed by atoms with Crippen molar-refractivity contribution in [2.24, 2.45) is 0 Å². The Bertz CT molecular complexity index is 1330. The standard InChI is InChI=1S/C32H38ClN3O2/c1-24-13-12-14-25(2)32(24)38-22-11-10-21-36-29-18-8-7-17-28(29)35-30(36)19-4-3-9-20-34-31(37)23-26-15-5-6-16-27(26)33/h5-8,12-18H,3-4,9-11,19-23H2,1-2H3,(H,34,37). The molecule has 38 heavy (non-hydrogen) atoms. The van der Waals surface area contributed by atoms with Gasteiger partial charge in [0.15, 0.2) is 0 Å². The van der Waals surface area contributed by atoms with E-state index in [1.807, 2.05) is 30.3 Å². The monoisotopic (exact) mass is 531 g/mol. The number of para-hydroxylation sites is 3. The minimum atomic E-state index is 0.0152. The van der Waals surface area contributed by atoms with Gasteiger partial charge < -0.3 is 14.6 Å². The van der Waals surface area contributed by atoms with Crippen molar-refractivity contribution in [2.45, 2.75) is 65.3 Å². The van der Waals surface area contributed by atoms with E-state index in [4.69, 9.17) is 21.3 Å². The summed E-state index contributed by atoms with van der Waals surface area (Å²) in [6.45, 7) is 6.53. The van der Waals surface area contributed by atoms with Crippen molar-refractivity contribution < 1.29 is 9.53 Å². The second-order valence-electron chi connectivity index (χ2n) is 9.87. The molecule has 1 amide bonds. The first kappa shape index (κ1) is 27.7. The Morgan fingerprint density at radius 1 is 0.895 bits per heavy atom. The second-order valence-corrected chi connectivity index (χ2v) is 10.3. The zero-order valence-corrected chi connectivity index (χ0v) is 23.3. The molecule has 6 heteroatoms. The number of halogens is 1. The van der Waals surface area contributed by atoms with Crippen LogP contribution in [0.25, 0.3) is 11.0 Å². The molecule has 0 saturated carbocycles. The number of aromatic nitrogens is 2. The average molecular weight is 532 g/mol. The third-order valence-electron chi connectivity index (χ3n) is 6.87. The number of rotatable bonds is 14. The summed E-state index contributed by atoms with van der Waals surface area (Å²) < 4.78 is 8.48. The first-order chi connectivity index (χ1) is 18.5. The Morgan fingerprint density at radius 3 is 2.47 bits per heavy atom. The summed E-state index contributed by atoms with van der Waals surface area (Å²) in [4.78, 5) is 17.2. The molecule has 0 aliphatic heterocycles. The maximum atomic E-state index is 12.2. The molecular formula is C32H38ClN3O2. The Balaban J connectivity index is 1.21. The van der Waals surface area contributed by atoms with Crippen LogP contribution in [0.3, 0.4) is 0 Å². The minimum absolute atomic E-state index is 0.0152. The Kier molecular flexibility index (Phi) is 10.2. The van der Waals surface area contributed by atoms with E-state index < -0.39 is 0 Å². The number of unbranched alkanes of at least 4 members (excludes halogenated alkanes) is 3. The van der Waals surface area contributed by atoms with Crippen LogP contribution in [-0.4, -0.2) is 28.6 Å². The van der Waals surface area contributed by atoms with Gasteiger partial charge in [0.05, 0.1) is 24.1 Å². The van der Waals surface area contributed by atoms with Crippen molar-refractivity contribution in [1.29, 1.82) is 0 Å². The van der Waals surface area contributed by atoms with E-state index in [9.17, 15) is 4.79 Å². The predicted octanol–water partition coefficient (Wildman–Crippen LogP) is 7.24. The number of ether oxygens (including phenoxy) is 1. The molecule has 0 fully saturated rings. The SMILES string of the molecule is Cc1cccc(C)c1OCCCCn1c(CCCCCNC(=O)Cc2ccccc2Cl)nc2ccccc21. The first-order valence-corrected chi connectivity index (χ1v) is 14.0. The lowest BCUT2D eigenvalue weighted by Crippen LogP contribution is -2.26. The van der Waals surface area contributed by atoms with E-state index in [-0.39, 0.29) is 5.91 Å². The van der Waals surface area contributed by atoms with E-state index in [1.165, 1.54) is 16.6 Å². The van der Waals surface area contributed by atoms with Crippen LogP contribution in [0, 0.1) is 13.8 Å². The van der Waals surface area contributed by atoms with Crippen LogP contribution in [0.15, 0.2) is 66.7 Å². The molecule has 0 radical (unpaired) electrons. The van der Waals surface area contributed by atoms with Crippen LogP contribution < -0.4 is 10.1 Å². The third kappa shape index (κ3) is 7.61. The van der Waals surface area contributed by atoms with Crippen molar-refractivity contribution in [2.75, 3.05) is 13.2 Å². The zero-order valence-electron chi connectivity index (χ0n) is 22.5. The number of hydrogen-bond donors (Lipinski definition) is 1. The number of fused-ring (bicyclic) bond motifs is 1. The molecule has 0 aliphatic carbocycles. The lowest BCUT2D eigenvalue weighted by atomic mass is 10.1. The van der Waals surface area contributed by atoms with Gasteiger partial charge in [-0.2, -0.15) is 0 Å². The summed E-state index contributed by atoms with van der Waals surface area (Å²) in [5.74, 6) is 2.17. The highest BCUT2D eigenvalue weighted by atomic mass is 35.5. The molecule has 0 aliphatic rings. The Morgan fingerprint density at radius 2 is 1.66 bits per heavy atom. The van der Waals surface area contributed by atoms with Crippen LogP contribution in [0.5, 0.6) is 5.75 Å². The number of hydrogen-bond acceptors (Lipinski definition) is 3. The molecule has 1 heterocycles. The van der Waals surface area contributed by atoms with Gasteiger partial charge >= 0.3 is 0 Å². The first-order valence-electron chi connectivity index (χ1n) is 13.7. The molecule has 200 valence electrons. The summed E-state index contributed by atoms with van der Waals surface area (Å²) in [7, 11) is 0. The number of amides is 1. The molecule has 4 aromatic rings. The van der Waals surface area contributed by atoms with Gasteiger partial charge in [-0.1, -0.05) is 66.6 Å². The van der Waals surface area contributed by atoms with E-state index in [2.05, 4.69) is 60.1 Å². The number of carbonyl (C=O) groups excluding carboxylic acids is 1. The minimum Gasteiger partial charge on any atom is -0.493 e. The maximum absolute atomic E-state index is 12.2. The molecule has 4 rings (SSSR count). The van der Waals surface area contributed by atoms with Gasteiger partial charge in [-0.05, 0) is 74.4 Å². The summed E-state index contributed by atoms with van der Waals surface area (Å²) >= 11 is 6.16. The molecule has 5 nitrogen and oxygen atoms in total. The van der Waals surface area contributed by atoms with Crippen LogP contribution in [0.1, 0.15) is 54.6 Å². The van der Waals surface area contributed by atoms with Crippen molar-refractivity contribution in [3.63, 3.8) is 0 Å². The summed E-state index contributed by atoms with van der Waals surface area (Å²) in [6, 6.07) is 22.1. The van der Waals surface area contributed by atoms with Gasteiger partial charge in [0.25, 0.3) is 0 Å². The van der Waals surface area contributed by atoms with E-state index in [0.717, 1.165) is 74.3 Å². The van der Waals surface area contributed by atoms with Gasteiger partial charge in [0.1, 0.15) is 11.6 Å². The van der Waals surface area contributed by atoms with Gasteiger partial charge in [0.2, 0.25) is 5.91 Å². The number of benzene rings is 3. The van der Waals surface area contributed by atoms with Crippen molar-refractivity contribution >= 4 is 28.5 Å². The topological polar surface area (TPSA) is 56.1 Å². The van der Waals surface area contributed by atoms with Gasteiger partial charge in [-0.3, -0.25) is 4.79 Å². The van der Waals surface area contributed by atoms with E-state index in [1.54, 1.807) is 0 Å². The van der Waals surface area contributed by atoms with Crippen molar-refractivity contribution in [1.82, 2.24) is 14.9 Å². The maximum Gasteiger partial charge on any atom is 0.224 e. The number of nitrogens with zero attached hydrogens (tertiary/aromatic N) is 2. The molecule has 1 aromatic heterocycles. The molecule has 0 saturated heterocycles. The highest BCUT2D eigenvalue weighted by molar-refractivity contribution is 6.31. The largest absolute Gasteiger partial charge is 0.493 e. The third-order valence-corrected chi connectivity index (χ3v) is 7.24. The number of nitrogens with one attached hydrogen (secondary N) is 1. The van der Waals surface area contributed by atoms with Crippen molar-refractivity contribution in [3.05, 3.63) is 94.3 Å². The molecule has 0 atom stereocenters. The van der Waals surface area contributed by atoms with E-state index in [0.29, 0.717) is 18.0 Å². The van der Waals surface area contributed by atoms with Crippen LogP contribution in [0.2, 0.25) is 5.02 Å². The fourth-order valence-corrected chi connectivity index (χ4v) is 5.03. The number of carbonyl (C=O) groups is 1. The van der Waals surface area contributed by atoms with Crippen molar-refractivity contribution in [3.8, 4) is 5.75 Å². The lowest BCUT2D eigenvalue weighted by Gasteiger charge is -2.13. The molecule has 3 aromatic carbocycles. The smallest absolute Gasteiger partial charge is 0.224 e. The predicted molar refractivity (Wildman–Crippen MR) is 156 cm³/mol. The quantitative estimate of drug-likeness (QED) is 0.174. The fraction of sp³-hybridized carbons (Fsp3) is 0.375. The highest BCUT2D eigenvalue weighted by Crippen LogP contribution is 2.23. The van der Waals surface area contributed by atoms with Crippen LogP contribution in [0.4, 0.5) is 0 Å².